The van der Waals surface area contributed by atoms with Gasteiger partial charge in [-0.25, -0.2) is 8.42 Å². The first kappa shape index (κ1) is 28.1. The second-order valence-electron chi connectivity index (χ2n) is 11.5. The highest BCUT2D eigenvalue weighted by molar-refractivity contribution is 7.90. The lowest BCUT2D eigenvalue weighted by Crippen LogP contribution is -2.45. The molecule has 3 aliphatic rings. The molecule has 2 aliphatic heterocycles. The summed E-state index contributed by atoms with van der Waals surface area (Å²) in [6.07, 6.45) is 7.61. The predicted octanol–water partition coefficient (Wildman–Crippen LogP) is 4.61. The lowest BCUT2D eigenvalue weighted by atomic mass is 9.77. The molecule has 39 heavy (non-hydrogen) atoms. The van der Waals surface area contributed by atoms with Crippen LogP contribution in [0, 0.1) is 11.3 Å². The van der Waals surface area contributed by atoms with Crippen LogP contribution in [0.15, 0.2) is 53.4 Å². The molecule has 2 amide bonds. The molecule has 0 aromatic heterocycles. The van der Waals surface area contributed by atoms with Crippen molar-refractivity contribution in [3.05, 3.63) is 64.7 Å². The normalized spacial score (nSPS) is 20.7. The number of halogens is 1. The van der Waals surface area contributed by atoms with E-state index < -0.39 is 9.84 Å². The number of sulfone groups is 1. The molecule has 2 saturated heterocycles. The van der Waals surface area contributed by atoms with Crippen molar-refractivity contribution in [1.29, 1.82) is 0 Å². The van der Waals surface area contributed by atoms with Gasteiger partial charge in [-0.1, -0.05) is 42.3 Å². The first-order chi connectivity index (χ1) is 18.6. The lowest BCUT2D eigenvalue weighted by Gasteiger charge is -2.38. The summed E-state index contributed by atoms with van der Waals surface area (Å²) < 4.78 is 23.5. The average molecular weight is 572 g/mol. The molecule has 0 radical (unpaired) electrons. The van der Waals surface area contributed by atoms with Gasteiger partial charge >= 0.3 is 0 Å². The van der Waals surface area contributed by atoms with Crippen LogP contribution in [0.25, 0.3) is 0 Å². The highest BCUT2D eigenvalue weighted by atomic mass is 35.5. The molecule has 1 unspecified atom stereocenters. The summed E-state index contributed by atoms with van der Waals surface area (Å²) in [5.41, 5.74) is 1.68. The van der Waals surface area contributed by atoms with E-state index in [1.165, 1.54) is 6.26 Å². The van der Waals surface area contributed by atoms with Crippen LogP contribution in [0.3, 0.4) is 0 Å². The van der Waals surface area contributed by atoms with E-state index >= 15 is 0 Å². The summed E-state index contributed by atoms with van der Waals surface area (Å²) in [5, 5.41) is 3.95. The molecule has 3 fully saturated rings. The third-order valence-corrected chi connectivity index (χ3v) is 10.3. The van der Waals surface area contributed by atoms with E-state index in [1.807, 2.05) is 29.2 Å². The van der Waals surface area contributed by atoms with Gasteiger partial charge in [-0.3, -0.25) is 9.59 Å². The van der Waals surface area contributed by atoms with Crippen molar-refractivity contribution in [2.75, 3.05) is 32.4 Å². The third kappa shape index (κ3) is 6.50. The molecule has 0 bridgehead atoms. The van der Waals surface area contributed by atoms with Crippen LogP contribution in [0.1, 0.15) is 62.1 Å². The van der Waals surface area contributed by atoms with Gasteiger partial charge in [-0.05, 0) is 87.0 Å². The number of amides is 2. The first-order valence-electron chi connectivity index (χ1n) is 14.0. The zero-order valence-electron chi connectivity index (χ0n) is 22.6. The molecular weight excluding hydrogens is 534 g/mol. The van der Waals surface area contributed by atoms with Gasteiger partial charge < -0.3 is 15.1 Å². The maximum atomic E-state index is 13.5. The van der Waals surface area contributed by atoms with Crippen molar-refractivity contribution >= 4 is 33.3 Å². The molecule has 1 atom stereocenters. The van der Waals surface area contributed by atoms with Crippen LogP contribution in [0.5, 0.6) is 0 Å². The fourth-order valence-corrected chi connectivity index (χ4v) is 6.92. The number of rotatable bonds is 9. The zero-order chi connectivity index (χ0) is 27.6. The van der Waals surface area contributed by atoms with Crippen LogP contribution in [0.2, 0.25) is 5.02 Å². The molecule has 1 saturated carbocycles. The topological polar surface area (TPSA) is 86.8 Å². The molecule has 210 valence electrons. The number of nitrogens with one attached hydrogen (secondary N) is 1. The Kier molecular flexibility index (Phi) is 8.36. The van der Waals surface area contributed by atoms with E-state index in [9.17, 15) is 18.0 Å². The Morgan fingerprint density at radius 1 is 1.08 bits per heavy atom. The second kappa shape index (κ2) is 11.6. The molecule has 2 aromatic rings. The molecule has 1 aliphatic carbocycles. The summed E-state index contributed by atoms with van der Waals surface area (Å²) in [7, 11) is -3.23. The zero-order valence-corrected chi connectivity index (χ0v) is 24.1. The minimum Gasteiger partial charge on any atom is -0.349 e. The maximum absolute atomic E-state index is 13.5. The summed E-state index contributed by atoms with van der Waals surface area (Å²) in [6, 6.07) is 14.5. The lowest BCUT2D eigenvalue weighted by molar-refractivity contribution is -0.139. The SMILES string of the molecule is CS(=O)(=O)c1ccc(CN2CCC3(CCN(CCC(NC(=O)C4CCC4)c4cccc(Cl)c4)CC3)C2=O)cc1. The number of nitrogens with zero attached hydrogens (tertiary/aromatic N) is 2. The Labute approximate surface area is 236 Å². The highest BCUT2D eigenvalue weighted by Crippen LogP contribution is 2.42. The van der Waals surface area contributed by atoms with Crippen LogP contribution in [-0.2, 0) is 26.0 Å². The van der Waals surface area contributed by atoms with Gasteiger partial charge in [0.25, 0.3) is 0 Å². The molecule has 9 heteroatoms. The largest absolute Gasteiger partial charge is 0.349 e. The highest BCUT2D eigenvalue weighted by Gasteiger charge is 2.47. The summed E-state index contributed by atoms with van der Waals surface area (Å²) in [5.74, 6) is 0.501. The van der Waals surface area contributed by atoms with E-state index in [1.54, 1.807) is 24.3 Å². The summed E-state index contributed by atoms with van der Waals surface area (Å²) in [4.78, 5) is 30.9. The predicted molar refractivity (Wildman–Crippen MR) is 152 cm³/mol. The van der Waals surface area contributed by atoms with Crippen molar-refractivity contribution < 1.29 is 18.0 Å². The Bertz CT molecular complexity index is 1300. The molecule has 7 nitrogen and oxygen atoms in total. The fourth-order valence-electron chi connectivity index (χ4n) is 6.09. The minimum atomic E-state index is -3.23. The van der Waals surface area contributed by atoms with E-state index in [4.69, 9.17) is 11.6 Å². The van der Waals surface area contributed by atoms with Crippen molar-refractivity contribution in [3.8, 4) is 0 Å². The summed E-state index contributed by atoms with van der Waals surface area (Å²) in [6.45, 7) is 3.82. The van der Waals surface area contributed by atoms with Gasteiger partial charge in [0.2, 0.25) is 11.8 Å². The van der Waals surface area contributed by atoms with Crippen molar-refractivity contribution in [2.24, 2.45) is 11.3 Å². The first-order valence-corrected chi connectivity index (χ1v) is 16.3. The number of carbonyl (C=O) groups excluding carboxylic acids is 2. The minimum absolute atomic E-state index is 0.0784. The Morgan fingerprint density at radius 2 is 1.77 bits per heavy atom. The van der Waals surface area contributed by atoms with E-state index in [2.05, 4.69) is 10.2 Å². The van der Waals surface area contributed by atoms with Gasteiger partial charge in [-0.15, -0.1) is 0 Å². The molecule has 5 rings (SSSR count). The molecule has 2 heterocycles. The standard InChI is InChI=1S/C30H38ClN3O4S/c1-39(37,38)26-10-8-22(9-11-26)21-34-19-15-30(29(34)36)13-17-33(18-14-30)16-12-27(24-6-3-7-25(31)20-24)32-28(35)23-4-2-5-23/h3,6-11,20,23,27H,2,4-5,12-19,21H2,1H3,(H,32,35). The van der Waals surface area contributed by atoms with Gasteiger partial charge in [0.1, 0.15) is 0 Å². The van der Waals surface area contributed by atoms with Gasteiger partial charge in [0.15, 0.2) is 9.84 Å². The number of benzene rings is 2. The van der Waals surface area contributed by atoms with E-state index in [0.717, 1.165) is 82.3 Å². The molecule has 2 aromatic carbocycles. The van der Waals surface area contributed by atoms with Crippen LogP contribution < -0.4 is 5.32 Å². The Hall–Kier alpha value is -2.42. The monoisotopic (exact) mass is 571 g/mol. The van der Waals surface area contributed by atoms with E-state index in [0.29, 0.717) is 16.5 Å². The second-order valence-corrected chi connectivity index (χ2v) is 14.0. The van der Waals surface area contributed by atoms with Crippen LogP contribution in [0.4, 0.5) is 0 Å². The van der Waals surface area contributed by atoms with Crippen LogP contribution >= 0.6 is 11.6 Å². The number of piperidine rings is 1. The summed E-state index contributed by atoms with van der Waals surface area (Å²) >= 11 is 6.26. The number of carbonyl (C=O) groups is 2. The molecular formula is C30H38ClN3O4S. The maximum Gasteiger partial charge on any atom is 0.229 e. The van der Waals surface area contributed by atoms with Crippen molar-refractivity contribution in [1.82, 2.24) is 15.1 Å². The number of hydrogen-bond donors (Lipinski definition) is 1. The third-order valence-electron chi connectivity index (χ3n) is 8.92. The Morgan fingerprint density at radius 3 is 2.38 bits per heavy atom. The van der Waals surface area contributed by atoms with Gasteiger partial charge in [-0.2, -0.15) is 0 Å². The molecule has 1 spiro atoms. The fraction of sp³-hybridized carbons (Fsp3) is 0.533. The number of hydrogen-bond acceptors (Lipinski definition) is 5. The quantitative estimate of drug-likeness (QED) is 0.475. The van der Waals surface area contributed by atoms with Crippen molar-refractivity contribution in [3.63, 3.8) is 0 Å². The number of likely N-dealkylation sites (tertiary alicyclic amines) is 2. The average Bonchev–Trinajstić information content (AvgIpc) is 3.16. The smallest absolute Gasteiger partial charge is 0.229 e. The van der Waals surface area contributed by atoms with Gasteiger partial charge in [0.05, 0.1) is 16.4 Å². The Balaban J connectivity index is 1.15. The van der Waals surface area contributed by atoms with Gasteiger partial charge in [0, 0.05) is 36.8 Å². The van der Waals surface area contributed by atoms with E-state index in [-0.39, 0.29) is 29.2 Å². The van der Waals surface area contributed by atoms with Crippen LogP contribution in [-0.4, -0.2) is 62.5 Å². The van der Waals surface area contributed by atoms with Crippen molar-refractivity contribution in [2.45, 2.75) is 62.4 Å². The molecule has 1 N–H and O–H groups in total.